The standard InChI is InChI=1S/C8H10BrN3O/c1-12(2)11-8(13)7-4-3-6(9)5-10-7/h3-5H,1-2H3,(H,11,13). The van der Waals surface area contributed by atoms with Gasteiger partial charge in [-0.25, -0.2) is 9.99 Å². The van der Waals surface area contributed by atoms with Crippen molar-refractivity contribution in [3.8, 4) is 0 Å². The van der Waals surface area contributed by atoms with Gasteiger partial charge < -0.3 is 0 Å². The molecule has 1 aromatic heterocycles. The summed E-state index contributed by atoms with van der Waals surface area (Å²) < 4.78 is 0.855. The van der Waals surface area contributed by atoms with Gasteiger partial charge in [-0.15, -0.1) is 0 Å². The number of rotatable bonds is 2. The summed E-state index contributed by atoms with van der Waals surface area (Å²) in [6.45, 7) is 0. The van der Waals surface area contributed by atoms with Crippen LogP contribution in [0.2, 0.25) is 0 Å². The van der Waals surface area contributed by atoms with Crippen molar-refractivity contribution >= 4 is 21.8 Å². The van der Waals surface area contributed by atoms with E-state index in [0.29, 0.717) is 5.69 Å². The second kappa shape index (κ2) is 4.34. The second-order valence-electron chi connectivity index (χ2n) is 2.70. The Hall–Kier alpha value is -0.940. The molecule has 0 aliphatic carbocycles. The Balaban J connectivity index is 2.72. The predicted molar refractivity (Wildman–Crippen MR) is 53.1 cm³/mol. The molecule has 1 N–H and O–H groups in total. The molecule has 1 aromatic rings. The van der Waals surface area contributed by atoms with Crippen molar-refractivity contribution in [1.82, 2.24) is 15.4 Å². The first-order chi connectivity index (χ1) is 6.09. The lowest BCUT2D eigenvalue weighted by Crippen LogP contribution is -2.36. The molecule has 0 aromatic carbocycles. The number of hydrazine groups is 1. The van der Waals surface area contributed by atoms with Crippen molar-refractivity contribution < 1.29 is 4.79 Å². The van der Waals surface area contributed by atoms with Crippen LogP contribution in [-0.2, 0) is 0 Å². The number of carbonyl (C=O) groups is 1. The fraction of sp³-hybridized carbons (Fsp3) is 0.250. The van der Waals surface area contributed by atoms with E-state index in [9.17, 15) is 4.79 Å². The highest BCUT2D eigenvalue weighted by Crippen LogP contribution is 2.06. The number of nitrogens with one attached hydrogen (secondary N) is 1. The van der Waals surface area contributed by atoms with Crippen molar-refractivity contribution in [2.45, 2.75) is 0 Å². The number of nitrogens with zero attached hydrogens (tertiary/aromatic N) is 2. The second-order valence-corrected chi connectivity index (χ2v) is 3.61. The lowest BCUT2D eigenvalue weighted by atomic mass is 10.3. The van der Waals surface area contributed by atoms with Gasteiger partial charge in [-0.3, -0.25) is 10.2 Å². The average Bonchev–Trinajstić information content (AvgIpc) is 2.04. The first-order valence-electron chi connectivity index (χ1n) is 3.69. The highest BCUT2D eigenvalue weighted by molar-refractivity contribution is 9.10. The van der Waals surface area contributed by atoms with Gasteiger partial charge in [0.25, 0.3) is 5.91 Å². The molecule has 0 bridgehead atoms. The molecule has 1 rings (SSSR count). The molecule has 0 saturated heterocycles. The summed E-state index contributed by atoms with van der Waals surface area (Å²) in [7, 11) is 3.49. The highest BCUT2D eigenvalue weighted by atomic mass is 79.9. The van der Waals surface area contributed by atoms with Gasteiger partial charge in [0.2, 0.25) is 0 Å². The molecule has 5 heteroatoms. The minimum Gasteiger partial charge on any atom is -0.284 e. The third kappa shape index (κ3) is 3.12. The van der Waals surface area contributed by atoms with Crippen LogP contribution in [0.15, 0.2) is 22.8 Å². The lowest BCUT2D eigenvalue weighted by Gasteiger charge is -2.10. The van der Waals surface area contributed by atoms with E-state index in [-0.39, 0.29) is 5.91 Å². The highest BCUT2D eigenvalue weighted by Gasteiger charge is 2.06. The van der Waals surface area contributed by atoms with Crippen LogP contribution < -0.4 is 5.43 Å². The maximum absolute atomic E-state index is 11.3. The quantitative estimate of drug-likeness (QED) is 0.791. The van der Waals surface area contributed by atoms with Crippen molar-refractivity contribution in [1.29, 1.82) is 0 Å². The van der Waals surface area contributed by atoms with Gasteiger partial charge in [0.15, 0.2) is 0 Å². The van der Waals surface area contributed by atoms with Crippen molar-refractivity contribution in [2.24, 2.45) is 0 Å². The number of pyridine rings is 1. The van der Waals surface area contributed by atoms with E-state index in [4.69, 9.17) is 0 Å². The number of hydrogen-bond donors (Lipinski definition) is 1. The minimum atomic E-state index is -0.211. The van der Waals surface area contributed by atoms with Gasteiger partial charge in [-0.2, -0.15) is 0 Å². The Morgan fingerprint density at radius 2 is 2.23 bits per heavy atom. The largest absolute Gasteiger partial charge is 0.284 e. The summed E-state index contributed by atoms with van der Waals surface area (Å²) in [5.41, 5.74) is 2.99. The summed E-state index contributed by atoms with van der Waals surface area (Å²) in [5.74, 6) is -0.211. The zero-order chi connectivity index (χ0) is 9.84. The van der Waals surface area contributed by atoms with Crippen LogP contribution in [0.5, 0.6) is 0 Å². The Labute approximate surface area is 85.1 Å². The predicted octanol–water partition coefficient (Wildman–Crippen LogP) is 1.05. The molecule has 0 unspecified atom stereocenters. The van der Waals surface area contributed by atoms with Crippen LogP contribution in [0.1, 0.15) is 10.5 Å². The number of aromatic nitrogens is 1. The van der Waals surface area contributed by atoms with Crippen molar-refractivity contribution in [3.05, 3.63) is 28.5 Å². The van der Waals surface area contributed by atoms with Gasteiger partial charge in [-0.1, -0.05) is 0 Å². The number of amides is 1. The molecule has 1 amide bonds. The van der Waals surface area contributed by atoms with Crippen LogP contribution in [0.4, 0.5) is 0 Å². The van der Waals surface area contributed by atoms with Gasteiger partial charge in [0, 0.05) is 24.8 Å². The molecule has 0 fully saturated rings. The van der Waals surface area contributed by atoms with Crippen LogP contribution >= 0.6 is 15.9 Å². The third-order valence-electron chi connectivity index (χ3n) is 1.29. The van der Waals surface area contributed by atoms with E-state index in [0.717, 1.165) is 4.47 Å². The average molecular weight is 244 g/mol. The fourth-order valence-corrected chi connectivity index (χ4v) is 1.01. The van der Waals surface area contributed by atoms with E-state index in [1.54, 1.807) is 37.4 Å². The summed E-state index contributed by atoms with van der Waals surface area (Å²) in [4.78, 5) is 15.3. The topological polar surface area (TPSA) is 45.2 Å². The molecule has 0 aliphatic rings. The number of carbonyl (C=O) groups excluding carboxylic acids is 1. The zero-order valence-corrected chi connectivity index (χ0v) is 9.00. The molecule has 0 saturated carbocycles. The van der Waals surface area contributed by atoms with Gasteiger partial charge in [0.05, 0.1) is 0 Å². The Morgan fingerprint density at radius 3 is 2.69 bits per heavy atom. The summed E-state index contributed by atoms with van der Waals surface area (Å²) >= 11 is 3.24. The lowest BCUT2D eigenvalue weighted by molar-refractivity contribution is 0.0851. The molecule has 0 spiro atoms. The summed E-state index contributed by atoms with van der Waals surface area (Å²) in [5, 5.41) is 1.58. The molecular formula is C8H10BrN3O. The number of halogens is 1. The maximum atomic E-state index is 11.3. The van der Waals surface area contributed by atoms with Gasteiger partial charge >= 0.3 is 0 Å². The summed E-state index contributed by atoms with van der Waals surface area (Å²) in [6, 6.07) is 3.43. The van der Waals surface area contributed by atoms with Crippen LogP contribution in [0, 0.1) is 0 Å². The van der Waals surface area contributed by atoms with Crippen LogP contribution in [-0.4, -0.2) is 30.0 Å². The molecule has 13 heavy (non-hydrogen) atoms. The van der Waals surface area contributed by atoms with Gasteiger partial charge in [0.1, 0.15) is 5.69 Å². The SMILES string of the molecule is CN(C)NC(=O)c1ccc(Br)cn1. The van der Waals surface area contributed by atoms with Crippen molar-refractivity contribution in [2.75, 3.05) is 14.1 Å². The molecule has 0 atom stereocenters. The monoisotopic (exact) mass is 243 g/mol. The zero-order valence-electron chi connectivity index (χ0n) is 7.41. The van der Waals surface area contributed by atoms with E-state index in [1.807, 2.05) is 0 Å². The van der Waals surface area contributed by atoms with E-state index in [1.165, 1.54) is 0 Å². The molecule has 1 heterocycles. The van der Waals surface area contributed by atoms with Gasteiger partial charge in [-0.05, 0) is 28.1 Å². The first kappa shape index (κ1) is 10.1. The maximum Gasteiger partial charge on any atom is 0.284 e. The van der Waals surface area contributed by atoms with E-state index < -0.39 is 0 Å². The Kier molecular flexibility index (Phi) is 3.39. The summed E-state index contributed by atoms with van der Waals surface area (Å²) in [6.07, 6.45) is 1.59. The van der Waals surface area contributed by atoms with E-state index in [2.05, 4.69) is 26.3 Å². The Morgan fingerprint density at radius 1 is 1.54 bits per heavy atom. The molecule has 70 valence electrons. The minimum absolute atomic E-state index is 0.211. The normalized spacial score (nSPS) is 10.2. The molecule has 4 nitrogen and oxygen atoms in total. The molecule has 0 aliphatic heterocycles. The van der Waals surface area contributed by atoms with Crippen LogP contribution in [0.25, 0.3) is 0 Å². The van der Waals surface area contributed by atoms with Crippen LogP contribution in [0.3, 0.4) is 0 Å². The molecule has 0 radical (unpaired) electrons. The third-order valence-corrected chi connectivity index (χ3v) is 1.75. The smallest absolute Gasteiger partial charge is 0.284 e. The number of hydrogen-bond acceptors (Lipinski definition) is 3. The Bertz CT molecular complexity index is 297. The fourth-order valence-electron chi connectivity index (χ4n) is 0.770. The van der Waals surface area contributed by atoms with E-state index >= 15 is 0 Å². The molecular weight excluding hydrogens is 234 g/mol. The first-order valence-corrected chi connectivity index (χ1v) is 4.49. The van der Waals surface area contributed by atoms with Crippen molar-refractivity contribution in [3.63, 3.8) is 0 Å².